The number of hydrogen-bond donors (Lipinski definition) is 2. The van der Waals surface area contributed by atoms with Crippen molar-refractivity contribution in [2.45, 2.75) is 106 Å². The molecule has 3 unspecified atom stereocenters. The molecule has 2 aromatic carbocycles. The Labute approximate surface area is 245 Å². The number of rotatable bonds is 8. The van der Waals surface area contributed by atoms with Crippen molar-refractivity contribution in [3.8, 4) is 0 Å². The molecule has 7 nitrogen and oxygen atoms in total. The molecule has 0 bridgehead atoms. The number of anilines is 1. The molecule has 3 atom stereocenters. The summed E-state index contributed by atoms with van der Waals surface area (Å²) in [6.45, 7) is 20.6. The van der Waals surface area contributed by atoms with E-state index in [1.165, 1.54) is 0 Å². The molecule has 0 aromatic heterocycles. The summed E-state index contributed by atoms with van der Waals surface area (Å²) in [5, 5.41) is 6.23. The Morgan fingerprint density at radius 2 is 1.52 bits per heavy atom. The standard InChI is InChI=1S/C32H46ClN3O4/c1-12-19(2)26(35-30(39)40-32(9,10)11)29(38)36(31(6,7)8)27(23-17-13-15-20(3)22(23)5)28(37)34-25-21(4)16-14-18-24(25)33/h13-19,26-27H,12H2,1-11H3,(H,34,37)(H,35,39). The van der Waals surface area contributed by atoms with E-state index in [1.807, 2.05) is 85.7 Å². The van der Waals surface area contributed by atoms with Crippen molar-refractivity contribution in [3.05, 3.63) is 63.7 Å². The van der Waals surface area contributed by atoms with E-state index in [0.29, 0.717) is 22.7 Å². The third kappa shape index (κ3) is 8.23. The van der Waals surface area contributed by atoms with E-state index in [0.717, 1.165) is 16.7 Å². The van der Waals surface area contributed by atoms with Gasteiger partial charge in [-0.15, -0.1) is 0 Å². The van der Waals surface area contributed by atoms with E-state index < -0.39 is 35.2 Å². The van der Waals surface area contributed by atoms with Gasteiger partial charge in [0.1, 0.15) is 17.7 Å². The van der Waals surface area contributed by atoms with E-state index in [-0.39, 0.29) is 11.8 Å². The highest BCUT2D eigenvalue weighted by Crippen LogP contribution is 2.35. The first-order valence-corrected chi connectivity index (χ1v) is 14.2. The van der Waals surface area contributed by atoms with Crippen molar-refractivity contribution < 1.29 is 19.1 Å². The third-order valence-corrected chi connectivity index (χ3v) is 7.34. The first kappa shape index (κ1) is 33.1. The molecule has 2 N–H and O–H groups in total. The van der Waals surface area contributed by atoms with E-state index in [4.69, 9.17) is 16.3 Å². The van der Waals surface area contributed by atoms with Crippen molar-refractivity contribution in [2.24, 2.45) is 5.92 Å². The van der Waals surface area contributed by atoms with E-state index in [2.05, 4.69) is 10.6 Å². The molecule has 8 heteroatoms. The molecule has 0 aliphatic heterocycles. The monoisotopic (exact) mass is 571 g/mol. The summed E-state index contributed by atoms with van der Waals surface area (Å²) in [5.41, 5.74) is 2.37. The van der Waals surface area contributed by atoms with Gasteiger partial charge in [-0.05, 0) is 96.6 Å². The zero-order chi connectivity index (χ0) is 30.6. The number of nitrogens with one attached hydrogen (secondary N) is 2. The molecule has 0 radical (unpaired) electrons. The van der Waals surface area contributed by atoms with Gasteiger partial charge in [0.25, 0.3) is 5.91 Å². The van der Waals surface area contributed by atoms with Crippen molar-refractivity contribution in [2.75, 3.05) is 5.32 Å². The maximum absolute atomic E-state index is 14.5. The molecular weight excluding hydrogens is 526 g/mol. The van der Waals surface area contributed by atoms with Gasteiger partial charge >= 0.3 is 6.09 Å². The summed E-state index contributed by atoms with van der Waals surface area (Å²) in [4.78, 5) is 43.3. The van der Waals surface area contributed by atoms with Crippen LogP contribution >= 0.6 is 11.6 Å². The molecule has 2 aromatic rings. The molecule has 0 fully saturated rings. The fraction of sp³-hybridized carbons (Fsp3) is 0.531. The lowest BCUT2D eigenvalue weighted by molar-refractivity contribution is -0.148. The Morgan fingerprint density at radius 3 is 2.05 bits per heavy atom. The number of hydrogen-bond acceptors (Lipinski definition) is 4. The van der Waals surface area contributed by atoms with Gasteiger partial charge in [0.05, 0.1) is 10.7 Å². The highest BCUT2D eigenvalue weighted by Gasteiger charge is 2.43. The highest BCUT2D eigenvalue weighted by atomic mass is 35.5. The average Bonchev–Trinajstić information content (AvgIpc) is 2.82. The number of ether oxygens (including phenoxy) is 1. The van der Waals surface area contributed by atoms with Crippen molar-refractivity contribution in [1.82, 2.24) is 10.2 Å². The third-order valence-electron chi connectivity index (χ3n) is 7.03. The first-order valence-electron chi connectivity index (χ1n) is 13.8. The van der Waals surface area contributed by atoms with Crippen LogP contribution in [0.2, 0.25) is 5.02 Å². The molecule has 0 aliphatic carbocycles. The van der Waals surface area contributed by atoms with Crippen LogP contribution in [0.4, 0.5) is 10.5 Å². The summed E-state index contributed by atoms with van der Waals surface area (Å²) < 4.78 is 5.50. The van der Waals surface area contributed by atoms with Crippen molar-refractivity contribution >= 4 is 35.2 Å². The molecular formula is C32H46ClN3O4. The van der Waals surface area contributed by atoms with Gasteiger partial charge in [0.15, 0.2) is 0 Å². The number of aryl methyl sites for hydroxylation is 2. The second-order valence-corrected chi connectivity index (χ2v) is 12.9. The zero-order valence-electron chi connectivity index (χ0n) is 25.9. The normalized spacial score (nSPS) is 14.1. The van der Waals surface area contributed by atoms with Crippen LogP contribution in [0.25, 0.3) is 0 Å². The second-order valence-electron chi connectivity index (χ2n) is 12.5. The topological polar surface area (TPSA) is 87.7 Å². The van der Waals surface area contributed by atoms with Crippen LogP contribution < -0.4 is 10.6 Å². The Bertz CT molecular complexity index is 1210. The molecule has 2 rings (SSSR count). The molecule has 40 heavy (non-hydrogen) atoms. The van der Waals surface area contributed by atoms with Crippen molar-refractivity contribution in [1.29, 1.82) is 0 Å². The maximum Gasteiger partial charge on any atom is 0.408 e. The van der Waals surface area contributed by atoms with Crippen LogP contribution in [0.5, 0.6) is 0 Å². The Kier molecular flexibility index (Phi) is 10.8. The average molecular weight is 572 g/mol. The smallest absolute Gasteiger partial charge is 0.408 e. The van der Waals surface area contributed by atoms with Crippen molar-refractivity contribution in [3.63, 3.8) is 0 Å². The molecule has 0 aliphatic rings. The fourth-order valence-electron chi connectivity index (χ4n) is 4.56. The molecule has 220 valence electrons. The van der Waals surface area contributed by atoms with Gasteiger partial charge in [0.2, 0.25) is 5.91 Å². The molecule has 0 heterocycles. The molecule has 0 saturated heterocycles. The predicted molar refractivity (Wildman–Crippen MR) is 163 cm³/mol. The lowest BCUT2D eigenvalue weighted by Crippen LogP contribution is -2.59. The number of alkyl carbamates (subject to hydrolysis) is 1. The molecule has 0 spiro atoms. The number of halogens is 1. The molecule has 3 amide bonds. The first-order chi connectivity index (χ1) is 18.4. The van der Waals surface area contributed by atoms with Gasteiger partial charge in [-0.3, -0.25) is 9.59 Å². The minimum Gasteiger partial charge on any atom is -0.444 e. The number of carbonyl (C=O) groups is 3. The van der Waals surface area contributed by atoms with E-state index in [9.17, 15) is 14.4 Å². The number of benzene rings is 2. The maximum atomic E-state index is 14.5. The quantitative estimate of drug-likeness (QED) is 0.343. The SMILES string of the molecule is CCC(C)C(NC(=O)OC(C)(C)C)C(=O)N(C(C(=O)Nc1c(C)cccc1Cl)c1cccc(C)c1C)C(C)(C)C. The fourth-order valence-corrected chi connectivity index (χ4v) is 4.83. The van der Waals surface area contributed by atoms with Crippen LogP contribution in [0, 0.1) is 26.7 Å². The van der Waals surface area contributed by atoms with Gasteiger partial charge in [-0.25, -0.2) is 4.79 Å². The minimum atomic E-state index is -1.00. The van der Waals surface area contributed by atoms with E-state index in [1.54, 1.807) is 31.7 Å². The second kappa shape index (κ2) is 13.1. The van der Waals surface area contributed by atoms with Gasteiger partial charge in [-0.2, -0.15) is 0 Å². The van der Waals surface area contributed by atoms with Crippen LogP contribution in [0.1, 0.15) is 90.1 Å². The Hall–Kier alpha value is -3.06. The number of nitrogens with zero attached hydrogens (tertiary/aromatic N) is 1. The number of para-hydroxylation sites is 1. The molecule has 0 saturated carbocycles. The Morgan fingerprint density at radius 1 is 0.950 bits per heavy atom. The van der Waals surface area contributed by atoms with Crippen LogP contribution in [-0.4, -0.2) is 40.0 Å². The largest absolute Gasteiger partial charge is 0.444 e. The van der Waals surface area contributed by atoms with Crippen LogP contribution in [0.15, 0.2) is 36.4 Å². The summed E-state index contributed by atoms with van der Waals surface area (Å²) in [6.07, 6.45) is -0.0528. The summed E-state index contributed by atoms with van der Waals surface area (Å²) in [7, 11) is 0. The predicted octanol–water partition coefficient (Wildman–Crippen LogP) is 7.51. The van der Waals surface area contributed by atoms with Gasteiger partial charge in [0, 0.05) is 5.54 Å². The summed E-state index contributed by atoms with van der Waals surface area (Å²) >= 11 is 6.48. The lowest BCUT2D eigenvalue weighted by atomic mass is 9.89. The summed E-state index contributed by atoms with van der Waals surface area (Å²) in [5.74, 6) is -0.990. The highest BCUT2D eigenvalue weighted by molar-refractivity contribution is 6.34. The lowest BCUT2D eigenvalue weighted by Gasteiger charge is -2.44. The number of amides is 3. The zero-order valence-corrected chi connectivity index (χ0v) is 26.6. The minimum absolute atomic E-state index is 0.224. The Balaban J connectivity index is 2.72. The van der Waals surface area contributed by atoms with Gasteiger partial charge in [-0.1, -0.05) is 62.2 Å². The number of carbonyl (C=O) groups excluding carboxylic acids is 3. The van der Waals surface area contributed by atoms with Gasteiger partial charge < -0.3 is 20.3 Å². The van der Waals surface area contributed by atoms with Crippen LogP contribution in [-0.2, 0) is 14.3 Å². The van der Waals surface area contributed by atoms with Crippen LogP contribution in [0.3, 0.4) is 0 Å². The van der Waals surface area contributed by atoms with E-state index >= 15 is 0 Å². The summed E-state index contributed by atoms with van der Waals surface area (Å²) in [6, 6.07) is 9.21.